The summed E-state index contributed by atoms with van der Waals surface area (Å²) in [7, 11) is -2.64. The van der Waals surface area contributed by atoms with Gasteiger partial charge in [-0.2, -0.15) is 13.5 Å². The van der Waals surface area contributed by atoms with E-state index in [0.29, 0.717) is 22.0 Å². The van der Waals surface area contributed by atoms with E-state index in [1.807, 2.05) is 30.3 Å². The maximum atomic E-state index is 13.3. The Morgan fingerprint density at radius 1 is 1.09 bits per heavy atom. The van der Waals surface area contributed by atoms with Gasteiger partial charge in [-0.3, -0.25) is 4.79 Å². The molecule has 170 valence electrons. The first kappa shape index (κ1) is 23.1. The predicted molar refractivity (Wildman–Crippen MR) is 128 cm³/mol. The first-order valence-corrected chi connectivity index (χ1v) is 12.4. The van der Waals surface area contributed by atoms with E-state index in [4.69, 9.17) is 16.3 Å². The minimum Gasteiger partial charge on any atom is -0.495 e. The van der Waals surface area contributed by atoms with E-state index in [-0.39, 0.29) is 16.8 Å². The second-order valence-corrected chi connectivity index (χ2v) is 9.73. The molecule has 0 aliphatic heterocycles. The van der Waals surface area contributed by atoms with Gasteiger partial charge in [0, 0.05) is 5.02 Å². The zero-order valence-electron chi connectivity index (χ0n) is 17.4. The Morgan fingerprint density at radius 3 is 2.64 bits per heavy atom. The van der Waals surface area contributed by atoms with E-state index < -0.39 is 22.0 Å². The Labute approximate surface area is 199 Å². The molecule has 1 heterocycles. The Kier molecular flexibility index (Phi) is 6.89. The monoisotopic (exact) mass is 502 g/mol. The molecule has 0 bridgehead atoms. The van der Waals surface area contributed by atoms with Crippen LogP contribution in [0.5, 0.6) is 5.75 Å². The minimum atomic E-state index is -4.10. The highest BCUT2D eigenvalue weighted by Crippen LogP contribution is 2.28. The maximum absolute atomic E-state index is 13.3. The number of hydrogen-bond acceptors (Lipinski definition) is 7. The molecule has 8 nitrogen and oxygen atoms in total. The van der Waals surface area contributed by atoms with Crippen LogP contribution < -0.4 is 14.8 Å². The lowest BCUT2D eigenvalue weighted by atomic mass is 10.1. The van der Waals surface area contributed by atoms with Gasteiger partial charge in [0.05, 0.1) is 24.5 Å². The minimum absolute atomic E-state index is 0.0417. The first-order chi connectivity index (χ1) is 15.9. The van der Waals surface area contributed by atoms with Crippen molar-refractivity contribution in [3.8, 4) is 5.75 Å². The third kappa shape index (κ3) is 5.31. The lowest BCUT2D eigenvalue weighted by Crippen LogP contribution is -2.45. The molecule has 1 aromatic heterocycles. The van der Waals surface area contributed by atoms with Crippen LogP contribution in [0.25, 0.3) is 11.0 Å². The van der Waals surface area contributed by atoms with Crippen molar-refractivity contribution in [3.05, 3.63) is 77.3 Å². The fraction of sp³-hybridized carbons (Fsp3) is 0.136. The fourth-order valence-electron chi connectivity index (χ4n) is 3.28. The molecule has 4 aromatic rings. The number of ether oxygens (including phenoxy) is 1. The molecule has 0 unspecified atom stereocenters. The van der Waals surface area contributed by atoms with Crippen molar-refractivity contribution in [1.29, 1.82) is 0 Å². The number of carbonyl (C=O) groups is 1. The predicted octanol–water partition coefficient (Wildman–Crippen LogP) is 3.88. The van der Waals surface area contributed by atoms with Crippen LogP contribution in [0, 0.1) is 0 Å². The molecule has 1 atom stereocenters. The van der Waals surface area contributed by atoms with Crippen LogP contribution in [0.2, 0.25) is 5.02 Å². The maximum Gasteiger partial charge on any atom is 0.243 e. The second-order valence-electron chi connectivity index (χ2n) is 7.09. The molecule has 11 heteroatoms. The van der Waals surface area contributed by atoms with Crippen LogP contribution in [-0.2, 0) is 21.2 Å². The standard InChI is InChI=1S/C22H19ClN4O4S2/c1-31-19-11-10-15(23)13-17(19)24-22(28)18(12-14-6-3-2-4-7-14)27-33(29,30)20-9-5-8-16-21(20)26-32-25-16/h2-11,13,18,27H,12H2,1H3,(H,24,28)/t18-/m1/s1. The molecule has 0 spiro atoms. The fourth-order valence-corrected chi connectivity index (χ4v) is 5.42. The van der Waals surface area contributed by atoms with Gasteiger partial charge in [0.2, 0.25) is 15.9 Å². The summed E-state index contributed by atoms with van der Waals surface area (Å²) in [4.78, 5) is 13.2. The summed E-state index contributed by atoms with van der Waals surface area (Å²) in [5.41, 5.74) is 1.84. The number of anilines is 1. The highest BCUT2D eigenvalue weighted by Gasteiger charge is 2.28. The van der Waals surface area contributed by atoms with Crippen LogP contribution in [0.3, 0.4) is 0 Å². The number of carbonyl (C=O) groups excluding carboxylic acids is 1. The van der Waals surface area contributed by atoms with Gasteiger partial charge in [-0.05, 0) is 42.3 Å². The number of halogens is 1. The highest BCUT2D eigenvalue weighted by atomic mass is 35.5. The number of fused-ring (bicyclic) bond motifs is 1. The summed E-state index contributed by atoms with van der Waals surface area (Å²) in [5, 5.41) is 3.12. The zero-order valence-corrected chi connectivity index (χ0v) is 19.7. The van der Waals surface area contributed by atoms with Crippen LogP contribution in [0.15, 0.2) is 71.6 Å². The van der Waals surface area contributed by atoms with E-state index in [9.17, 15) is 13.2 Å². The van der Waals surface area contributed by atoms with E-state index in [1.165, 1.54) is 19.2 Å². The van der Waals surface area contributed by atoms with Crippen molar-refractivity contribution in [2.45, 2.75) is 17.4 Å². The topological polar surface area (TPSA) is 110 Å². The van der Waals surface area contributed by atoms with Crippen molar-refractivity contribution in [1.82, 2.24) is 13.5 Å². The molecule has 3 aromatic carbocycles. The van der Waals surface area contributed by atoms with Gasteiger partial charge in [0.15, 0.2) is 0 Å². The molecule has 0 saturated heterocycles. The van der Waals surface area contributed by atoms with Gasteiger partial charge in [-0.1, -0.05) is 48.0 Å². The average Bonchev–Trinajstić information content (AvgIpc) is 3.28. The number of aromatic nitrogens is 2. The largest absolute Gasteiger partial charge is 0.495 e. The van der Waals surface area contributed by atoms with Gasteiger partial charge in [0.25, 0.3) is 0 Å². The number of rotatable bonds is 8. The zero-order chi connectivity index (χ0) is 23.4. The van der Waals surface area contributed by atoms with Crippen molar-refractivity contribution in [2.24, 2.45) is 0 Å². The summed E-state index contributed by atoms with van der Waals surface area (Å²) in [6.07, 6.45) is 0.125. The Balaban J connectivity index is 1.67. The van der Waals surface area contributed by atoms with Crippen molar-refractivity contribution in [3.63, 3.8) is 0 Å². The molecule has 4 rings (SSSR count). The molecule has 0 aliphatic rings. The first-order valence-electron chi connectivity index (χ1n) is 9.79. The number of nitrogens with zero attached hydrogens (tertiary/aromatic N) is 2. The number of nitrogens with one attached hydrogen (secondary N) is 2. The Bertz CT molecular complexity index is 1390. The van der Waals surface area contributed by atoms with Crippen LogP contribution in [-0.4, -0.2) is 36.2 Å². The van der Waals surface area contributed by atoms with Gasteiger partial charge >= 0.3 is 0 Å². The van der Waals surface area contributed by atoms with Gasteiger partial charge in [-0.25, -0.2) is 8.42 Å². The van der Waals surface area contributed by atoms with Gasteiger partial charge in [-0.15, -0.1) is 0 Å². The number of benzene rings is 3. The van der Waals surface area contributed by atoms with Crippen LogP contribution in [0.4, 0.5) is 5.69 Å². The number of amides is 1. The summed E-state index contributed by atoms with van der Waals surface area (Å²) >= 11 is 6.99. The number of sulfonamides is 1. The van der Waals surface area contributed by atoms with Gasteiger partial charge in [0.1, 0.15) is 27.7 Å². The smallest absolute Gasteiger partial charge is 0.243 e. The Morgan fingerprint density at radius 2 is 1.88 bits per heavy atom. The number of hydrogen-bond donors (Lipinski definition) is 2. The molecule has 33 heavy (non-hydrogen) atoms. The molecular formula is C22H19ClN4O4S2. The van der Waals surface area contributed by atoms with Crippen molar-refractivity contribution >= 4 is 56.0 Å². The molecule has 0 saturated carbocycles. The summed E-state index contributed by atoms with van der Waals surface area (Å²) in [6, 6.07) is 17.5. The normalized spacial score (nSPS) is 12.4. The van der Waals surface area contributed by atoms with Crippen molar-refractivity contribution < 1.29 is 17.9 Å². The van der Waals surface area contributed by atoms with E-state index in [1.54, 1.807) is 24.3 Å². The highest BCUT2D eigenvalue weighted by molar-refractivity contribution is 7.89. The van der Waals surface area contributed by atoms with Crippen LogP contribution >= 0.6 is 23.3 Å². The Hall–Kier alpha value is -3.05. The summed E-state index contributed by atoms with van der Waals surface area (Å²) in [6.45, 7) is 0. The third-order valence-electron chi connectivity index (χ3n) is 4.85. The van der Waals surface area contributed by atoms with Crippen molar-refractivity contribution in [2.75, 3.05) is 12.4 Å². The lowest BCUT2D eigenvalue weighted by molar-refractivity contribution is -0.117. The molecule has 1 amide bonds. The lowest BCUT2D eigenvalue weighted by Gasteiger charge is -2.20. The molecule has 0 radical (unpaired) electrons. The van der Waals surface area contributed by atoms with E-state index in [0.717, 1.165) is 17.3 Å². The molecular weight excluding hydrogens is 484 g/mol. The SMILES string of the molecule is COc1ccc(Cl)cc1NC(=O)[C@@H](Cc1ccccc1)NS(=O)(=O)c1cccc2nsnc12. The quantitative estimate of drug-likeness (QED) is 0.378. The van der Waals surface area contributed by atoms with Crippen LogP contribution in [0.1, 0.15) is 5.56 Å². The average molecular weight is 503 g/mol. The third-order valence-corrected chi connectivity index (χ3v) is 7.14. The molecule has 0 fully saturated rings. The van der Waals surface area contributed by atoms with E-state index >= 15 is 0 Å². The molecule has 0 aliphatic carbocycles. The summed E-state index contributed by atoms with van der Waals surface area (Å²) < 4.78 is 42.6. The second kappa shape index (κ2) is 9.84. The molecule has 2 N–H and O–H groups in total. The number of methoxy groups -OCH3 is 1. The van der Waals surface area contributed by atoms with E-state index in [2.05, 4.69) is 18.8 Å². The summed E-state index contributed by atoms with van der Waals surface area (Å²) in [5.74, 6) is -0.168. The van der Waals surface area contributed by atoms with Gasteiger partial charge < -0.3 is 10.1 Å².